The van der Waals surface area contributed by atoms with Gasteiger partial charge in [0.05, 0.1) is 11.7 Å². The van der Waals surface area contributed by atoms with Crippen LogP contribution in [0, 0.1) is 0 Å². The average molecular weight is 389 g/mol. The number of likely N-dealkylation sites (N-methyl/N-ethyl adjacent to an activating group) is 1. The summed E-state index contributed by atoms with van der Waals surface area (Å²) < 4.78 is 5.73. The smallest absolute Gasteiger partial charge is 0.257 e. The summed E-state index contributed by atoms with van der Waals surface area (Å²) in [5.41, 5.74) is 11.2. The average Bonchev–Trinajstić information content (AvgIpc) is 3.34. The number of anilines is 1. The van der Waals surface area contributed by atoms with E-state index in [1.54, 1.807) is 4.90 Å². The lowest BCUT2D eigenvalue weighted by atomic mass is 9.82. The van der Waals surface area contributed by atoms with Crippen molar-refractivity contribution >= 4 is 22.5 Å². The van der Waals surface area contributed by atoms with Crippen molar-refractivity contribution in [1.29, 1.82) is 0 Å². The predicted molar refractivity (Wildman–Crippen MR) is 111 cm³/mol. The highest BCUT2D eigenvalue weighted by Gasteiger charge is 2.53. The molecule has 148 valence electrons. The number of rotatable bonds is 1. The molecule has 4 heterocycles. The molecule has 3 aromatic rings. The van der Waals surface area contributed by atoms with Gasteiger partial charge in [-0.25, -0.2) is 0 Å². The quantitative estimate of drug-likeness (QED) is 0.593. The molecule has 6 rings (SSSR count). The van der Waals surface area contributed by atoms with Gasteiger partial charge < -0.3 is 25.7 Å². The summed E-state index contributed by atoms with van der Waals surface area (Å²) in [5.74, 6) is 0.817. The third-order valence-electron chi connectivity index (χ3n) is 6.60. The van der Waals surface area contributed by atoms with Gasteiger partial charge in [0.25, 0.3) is 5.91 Å². The van der Waals surface area contributed by atoms with Gasteiger partial charge in [-0.2, -0.15) is 0 Å². The lowest BCUT2D eigenvalue weighted by Crippen LogP contribution is -2.73. The summed E-state index contributed by atoms with van der Waals surface area (Å²) in [6, 6.07) is 14.3. The van der Waals surface area contributed by atoms with Crippen LogP contribution in [0.25, 0.3) is 10.9 Å². The number of hydrogen-bond donors (Lipinski definition) is 3. The first kappa shape index (κ1) is 16.9. The second-order valence-corrected chi connectivity index (χ2v) is 8.21. The van der Waals surface area contributed by atoms with E-state index in [0.29, 0.717) is 26.2 Å². The predicted octanol–water partition coefficient (Wildman–Crippen LogP) is 2.00. The zero-order valence-corrected chi connectivity index (χ0v) is 16.2. The summed E-state index contributed by atoms with van der Waals surface area (Å²) in [5, 5.41) is 4.35. The lowest BCUT2D eigenvalue weighted by Gasteiger charge is -2.52. The molecule has 2 aromatic carbocycles. The van der Waals surface area contributed by atoms with Crippen LogP contribution in [0.4, 0.5) is 5.69 Å². The molecule has 2 atom stereocenters. The molecule has 1 aromatic heterocycles. The fourth-order valence-electron chi connectivity index (χ4n) is 5.13. The van der Waals surface area contributed by atoms with Gasteiger partial charge in [-0.1, -0.05) is 24.3 Å². The Balaban J connectivity index is 1.60. The minimum atomic E-state index is -1.06. The van der Waals surface area contributed by atoms with Crippen molar-refractivity contribution in [2.45, 2.75) is 18.1 Å². The van der Waals surface area contributed by atoms with Crippen LogP contribution in [0.1, 0.15) is 22.9 Å². The largest absolute Gasteiger partial charge is 0.471 e. The Bertz CT molecular complexity index is 1160. The highest BCUT2D eigenvalue weighted by atomic mass is 16.5. The first-order valence-electron chi connectivity index (χ1n) is 9.97. The van der Waals surface area contributed by atoms with Crippen LogP contribution >= 0.6 is 0 Å². The maximum absolute atomic E-state index is 13.2. The van der Waals surface area contributed by atoms with Crippen molar-refractivity contribution in [2.24, 2.45) is 5.73 Å². The number of ether oxygens (including phenoxy) is 1. The standard InChI is InChI=1S/C22H23N5O2/c1-26-8-9-27-20(13-6-7-17-18(10-13)29-12-24-17)19-15(11-22(27,23)21(26)28)14-4-2-3-5-16(14)25-19/h2-7,10,20,24-25H,8-9,11-12,23H2,1H3/t20-,22?/m1/s1. The Kier molecular flexibility index (Phi) is 3.34. The van der Waals surface area contributed by atoms with Crippen LogP contribution in [0.2, 0.25) is 0 Å². The molecule has 29 heavy (non-hydrogen) atoms. The molecular formula is C22H23N5O2. The number of H-pyrrole nitrogens is 1. The molecule has 1 unspecified atom stereocenters. The van der Waals surface area contributed by atoms with Crippen molar-refractivity contribution in [1.82, 2.24) is 14.8 Å². The van der Waals surface area contributed by atoms with Crippen LogP contribution in [-0.4, -0.2) is 53.2 Å². The molecule has 4 N–H and O–H groups in total. The van der Waals surface area contributed by atoms with E-state index in [-0.39, 0.29) is 11.9 Å². The first-order valence-corrected chi connectivity index (χ1v) is 9.97. The Morgan fingerprint density at radius 1 is 1.21 bits per heavy atom. The topological polar surface area (TPSA) is 86.6 Å². The number of fused-ring (bicyclic) bond motifs is 5. The SMILES string of the molecule is CN1CCN2[C@H](c3ccc4c(c3)OCN4)c3[nH]c4ccccc4c3CC2(N)C1=O. The first-order chi connectivity index (χ1) is 14.1. The number of carbonyl (C=O) groups is 1. The lowest BCUT2D eigenvalue weighted by molar-refractivity contribution is -0.152. The minimum Gasteiger partial charge on any atom is -0.471 e. The maximum atomic E-state index is 13.2. The normalized spacial score (nSPS) is 25.9. The Labute approximate surface area is 168 Å². The summed E-state index contributed by atoms with van der Waals surface area (Å²) in [7, 11) is 1.84. The maximum Gasteiger partial charge on any atom is 0.257 e. The number of aromatic amines is 1. The molecule has 7 heteroatoms. The van der Waals surface area contributed by atoms with Gasteiger partial charge in [0.2, 0.25) is 0 Å². The van der Waals surface area contributed by atoms with E-state index in [2.05, 4.69) is 39.5 Å². The fourth-order valence-corrected chi connectivity index (χ4v) is 5.13. The number of nitrogens with zero attached hydrogens (tertiary/aromatic N) is 2. The van der Waals surface area contributed by atoms with Crippen molar-refractivity contribution in [3.8, 4) is 5.75 Å². The van der Waals surface area contributed by atoms with E-state index < -0.39 is 5.66 Å². The highest BCUT2D eigenvalue weighted by molar-refractivity contribution is 5.91. The molecule has 1 saturated heterocycles. The molecular weight excluding hydrogens is 366 g/mol. The Hall–Kier alpha value is -3.03. The summed E-state index contributed by atoms with van der Waals surface area (Å²) in [6.45, 7) is 1.86. The van der Waals surface area contributed by atoms with Gasteiger partial charge in [-0.15, -0.1) is 0 Å². The number of piperazine rings is 1. The number of hydrogen-bond acceptors (Lipinski definition) is 5. The van der Waals surface area contributed by atoms with Crippen molar-refractivity contribution < 1.29 is 9.53 Å². The van der Waals surface area contributed by atoms with E-state index in [0.717, 1.165) is 39.2 Å². The van der Waals surface area contributed by atoms with Gasteiger partial charge in [-0.05, 0) is 29.3 Å². The molecule has 0 radical (unpaired) electrons. The zero-order valence-electron chi connectivity index (χ0n) is 16.2. The zero-order chi connectivity index (χ0) is 19.8. The number of nitrogens with two attached hydrogens (primary N) is 1. The molecule has 0 saturated carbocycles. The summed E-state index contributed by atoms with van der Waals surface area (Å²) in [6.07, 6.45) is 0.495. The molecule has 1 amide bonds. The van der Waals surface area contributed by atoms with Crippen LogP contribution in [0.3, 0.4) is 0 Å². The molecule has 1 fully saturated rings. The van der Waals surface area contributed by atoms with Crippen LogP contribution in [0.15, 0.2) is 42.5 Å². The van der Waals surface area contributed by atoms with E-state index in [1.807, 2.05) is 25.2 Å². The second-order valence-electron chi connectivity index (χ2n) is 8.21. The summed E-state index contributed by atoms with van der Waals surface area (Å²) in [4.78, 5) is 20.8. The van der Waals surface area contributed by atoms with Crippen LogP contribution < -0.4 is 15.8 Å². The molecule has 0 bridgehead atoms. The third-order valence-corrected chi connectivity index (χ3v) is 6.60. The molecule has 3 aliphatic rings. The number of carbonyl (C=O) groups excluding carboxylic acids is 1. The van der Waals surface area contributed by atoms with E-state index >= 15 is 0 Å². The molecule has 0 aliphatic carbocycles. The van der Waals surface area contributed by atoms with Crippen LogP contribution in [0.5, 0.6) is 5.75 Å². The number of amides is 1. The number of para-hydroxylation sites is 1. The fraction of sp³-hybridized carbons (Fsp3) is 0.318. The van der Waals surface area contributed by atoms with Crippen molar-refractivity contribution in [2.75, 3.05) is 32.2 Å². The van der Waals surface area contributed by atoms with E-state index in [1.165, 1.54) is 0 Å². The molecule has 7 nitrogen and oxygen atoms in total. The number of aromatic nitrogens is 1. The van der Waals surface area contributed by atoms with E-state index in [9.17, 15) is 4.79 Å². The van der Waals surface area contributed by atoms with Gasteiger partial charge in [0.15, 0.2) is 12.4 Å². The molecule has 3 aliphatic heterocycles. The van der Waals surface area contributed by atoms with Crippen LogP contribution in [-0.2, 0) is 11.2 Å². The Morgan fingerprint density at radius 3 is 2.97 bits per heavy atom. The minimum absolute atomic E-state index is 0.0243. The van der Waals surface area contributed by atoms with E-state index in [4.69, 9.17) is 10.5 Å². The number of benzene rings is 2. The van der Waals surface area contributed by atoms with Gasteiger partial charge >= 0.3 is 0 Å². The monoisotopic (exact) mass is 389 g/mol. The Morgan fingerprint density at radius 2 is 2.07 bits per heavy atom. The third kappa shape index (κ3) is 2.22. The van der Waals surface area contributed by atoms with Crippen molar-refractivity contribution in [3.05, 3.63) is 59.3 Å². The van der Waals surface area contributed by atoms with Crippen molar-refractivity contribution in [3.63, 3.8) is 0 Å². The highest BCUT2D eigenvalue weighted by Crippen LogP contribution is 2.46. The van der Waals surface area contributed by atoms with Gasteiger partial charge in [0, 0.05) is 43.2 Å². The molecule has 0 spiro atoms. The van der Waals surface area contributed by atoms with Gasteiger partial charge in [-0.3, -0.25) is 9.69 Å². The summed E-state index contributed by atoms with van der Waals surface area (Å²) >= 11 is 0. The van der Waals surface area contributed by atoms with Gasteiger partial charge in [0.1, 0.15) is 5.75 Å². The number of nitrogens with one attached hydrogen (secondary N) is 2. The second kappa shape index (κ2) is 5.75.